The van der Waals surface area contributed by atoms with Crippen LogP contribution in [0.15, 0.2) is 78.9 Å². The van der Waals surface area contributed by atoms with Gasteiger partial charge >= 0.3 is 0 Å². The molecule has 0 unspecified atom stereocenters. The van der Waals surface area contributed by atoms with Crippen LogP contribution in [-0.2, 0) is 6.54 Å². The molecule has 5 heteroatoms. The molecule has 1 heterocycles. The van der Waals surface area contributed by atoms with Crippen molar-refractivity contribution in [1.82, 2.24) is 9.80 Å². The van der Waals surface area contributed by atoms with E-state index in [9.17, 15) is 4.79 Å². The molecular formula is C25H26N4O. The third-order valence-corrected chi connectivity index (χ3v) is 5.57. The van der Waals surface area contributed by atoms with Gasteiger partial charge in [-0.25, -0.2) is 0 Å². The van der Waals surface area contributed by atoms with Crippen LogP contribution in [0.25, 0.3) is 11.1 Å². The molecule has 0 aliphatic carbocycles. The number of nitrogen functional groups attached to an aromatic ring is 1. The molecule has 4 rings (SSSR count). The summed E-state index contributed by atoms with van der Waals surface area (Å²) in [6.45, 7) is 3.99. The molecule has 3 aromatic rings. The zero-order chi connectivity index (χ0) is 20.9. The number of nitrogens with two attached hydrogens (primary N) is 1. The van der Waals surface area contributed by atoms with Crippen molar-refractivity contribution < 1.29 is 4.79 Å². The van der Waals surface area contributed by atoms with E-state index in [0.29, 0.717) is 0 Å². The van der Waals surface area contributed by atoms with Crippen molar-refractivity contribution in [3.8, 4) is 11.1 Å². The molecule has 0 aromatic heterocycles. The first-order chi connectivity index (χ1) is 14.6. The molecule has 0 spiro atoms. The fraction of sp³-hybridized carbons (Fsp3) is 0.200. The van der Waals surface area contributed by atoms with Crippen LogP contribution in [0.2, 0.25) is 0 Å². The van der Waals surface area contributed by atoms with E-state index < -0.39 is 0 Å². The number of rotatable bonds is 5. The van der Waals surface area contributed by atoms with Gasteiger partial charge < -0.3 is 10.6 Å². The van der Waals surface area contributed by atoms with Gasteiger partial charge in [-0.1, -0.05) is 66.7 Å². The Morgan fingerprint density at radius 2 is 1.33 bits per heavy atom. The molecule has 1 amide bonds. The maximum Gasteiger partial charge on any atom is 0.253 e. The SMILES string of the molecule is N=C(N)c1ccc(CN2CCN(C(=O)c3ccc(-c4ccccc4)cc3)CC2)cc1. The lowest BCUT2D eigenvalue weighted by atomic mass is 10.0. The average Bonchev–Trinajstić information content (AvgIpc) is 2.80. The van der Waals surface area contributed by atoms with Crippen LogP contribution in [0.4, 0.5) is 0 Å². The van der Waals surface area contributed by atoms with Crippen molar-refractivity contribution in [1.29, 1.82) is 5.41 Å². The Labute approximate surface area is 177 Å². The van der Waals surface area contributed by atoms with Gasteiger partial charge in [0.25, 0.3) is 5.91 Å². The summed E-state index contributed by atoms with van der Waals surface area (Å²) in [5, 5.41) is 7.48. The van der Waals surface area contributed by atoms with Gasteiger partial charge in [0, 0.05) is 43.9 Å². The average molecular weight is 399 g/mol. The summed E-state index contributed by atoms with van der Waals surface area (Å²) in [7, 11) is 0. The Morgan fingerprint density at radius 1 is 0.767 bits per heavy atom. The smallest absolute Gasteiger partial charge is 0.253 e. The van der Waals surface area contributed by atoms with Crippen molar-refractivity contribution in [2.75, 3.05) is 26.2 Å². The minimum Gasteiger partial charge on any atom is -0.384 e. The van der Waals surface area contributed by atoms with Gasteiger partial charge in [0.2, 0.25) is 0 Å². The molecular weight excluding hydrogens is 372 g/mol. The molecule has 5 nitrogen and oxygen atoms in total. The minimum atomic E-state index is 0.0884. The second-order valence-electron chi connectivity index (χ2n) is 7.62. The first-order valence-corrected chi connectivity index (χ1v) is 10.2. The summed E-state index contributed by atoms with van der Waals surface area (Å²) in [5.74, 6) is 0.186. The van der Waals surface area contributed by atoms with Gasteiger partial charge in [-0.3, -0.25) is 15.1 Å². The predicted molar refractivity (Wildman–Crippen MR) is 121 cm³/mol. The zero-order valence-electron chi connectivity index (χ0n) is 16.9. The summed E-state index contributed by atoms with van der Waals surface area (Å²) < 4.78 is 0. The molecule has 1 fully saturated rings. The Balaban J connectivity index is 1.32. The van der Waals surface area contributed by atoms with Crippen LogP contribution >= 0.6 is 0 Å². The molecule has 0 radical (unpaired) electrons. The highest BCUT2D eigenvalue weighted by atomic mass is 16.2. The Hall–Kier alpha value is -3.44. The zero-order valence-corrected chi connectivity index (χ0v) is 16.9. The summed E-state index contributed by atoms with van der Waals surface area (Å²) >= 11 is 0. The van der Waals surface area contributed by atoms with Crippen molar-refractivity contribution in [2.24, 2.45) is 5.73 Å². The van der Waals surface area contributed by atoms with Crippen molar-refractivity contribution >= 4 is 11.7 Å². The number of carbonyl (C=O) groups is 1. The maximum absolute atomic E-state index is 12.9. The molecule has 152 valence electrons. The van der Waals surface area contributed by atoms with Crippen LogP contribution in [0.5, 0.6) is 0 Å². The minimum absolute atomic E-state index is 0.0884. The van der Waals surface area contributed by atoms with Crippen LogP contribution in [0, 0.1) is 5.41 Å². The number of hydrogen-bond acceptors (Lipinski definition) is 3. The number of piperazine rings is 1. The molecule has 3 N–H and O–H groups in total. The number of nitrogens with one attached hydrogen (secondary N) is 1. The van der Waals surface area contributed by atoms with Gasteiger partial charge in [-0.2, -0.15) is 0 Å². The summed E-state index contributed by atoms with van der Waals surface area (Å²) in [5.41, 5.74) is 10.5. The molecule has 0 bridgehead atoms. The highest BCUT2D eigenvalue weighted by Crippen LogP contribution is 2.20. The molecule has 0 atom stereocenters. The quantitative estimate of drug-likeness (QED) is 0.509. The van der Waals surface area contributed by atoms with Crippen LogP contribution in [0.3, 0.4) is 0 Å². The maximum atomic E-state index is 12.9. The first-order valence-electron chi connectivity index (χ1n) is 10.2. The van der Waals surface area contributed by atoms with Gasteiger partial charge in [0.1, 0.15) is 5.84 Å². The Morgan fingerprint density at radius 3 is 1.93 bits per heavy atom. The Bertz CT molecular complexity index is 1010. The number of amidine groups is 1. The topological polar surface area (TPSA) is 73.4 Å². The third kappa shape index (κ3) is 4.58. The van der Waals surface area contributed by atoms with Crippen LogP contribution in [0.1, 0.15) is 21.5 Å². The number of benzene rings is 3. The monoisotopic (exact) mass is 398 g/mol. The molecule has 1 saturated heterocycles. The number of nitrogens with zero attached hydrogens (tertiary/aromatic N) is 2. The van der Waals surface area contributed by atoms with E-state index in [2.05, 4.69) is 17.0 Å². The standard InChI is InChI=1S/C25H26N4O/c26-24(27)22-8-6-19(7-9-22)18-28-14-16-29(17-15-28)25(30)23-12-10-21(11-13-23)20-4-2-1-3-5-20/h1-13H,14-18H2,(H3,26,27). The lowest BCUT2D eigenvalue weighted by molar-refractivity contribution is 0.0628. The van der Waals surface area contributed by atoms with Gasteiger partial charge in [0.05, 0.1) is 0 Å². The van der Waals surface area contributed by atoms with E-state index in [1.54, 1.807) is 0 Å². The highest BCUT2D eigenvalue weighted by Gasteiger charge is 2.22. The molecule has 0 saturated carbocycles. The molecule has 1 aliphatic heterocycles. The van der Waals surface area contributed by atoms with E-state index in [0.717, 1.165) is 55.0 Å². The van der Waals surface area contributed by atoms with E-state index in [4.69, 9.17) is 11.1 Å². The fourth-order valence-electron chi connectivity index (χ4n) is 3.78. The third-order valence-electron chi connectivity index (χ3n) is 5.57. The van der Waals surface area contributed by atoms with E-state index in [1.807, 2.05) is 71.6 Å². The first kappa shape index (κ1) is 19.9. The predicted octanol–water partition coefficient (Wildman–Crippen LogP) is 3.60. The van der Waals surface area contributed by atoms with Gasteiger partial charge in [0.15, 0.2) is 0 Å². The normalized spacial score (nSPS) is 14.5. The lowest BCUT2D eigenvalue weighted by Crippen LogP contribution is -2.48. The largest absolute Gasteiger partial charge is 0.384 e. The van der Waals surface area contributed by atoms with Crippen molar-refractivity contribution in [2.45, 2.75) is 6.54 Å². The molecule has 30 heavy (non-hydrogen) atoms. The van der Waals surface area contributed by atoms with Crippen LogP contribution in [-0.4, -0.2) is 47.7 Å². The molecule has 3 aromatic carbocycles. The van der Waals surface area contributed by atoms with Gasteiger partial charge in [-0.05, 0) is 28.8 Å². The van der Waals surface area contributed by atoms with Crippen LogP contribution < -0.4 is 5.73 Å². The van der Waals surface area contributed by atoms with Crippen molar-refractivity contribution in [3.63, 3.8) is 0 Å². The van der Waals surface area contributed by atoms with E-state index in [1.165, 1.54) is 5.56 Å². The summed E-state index contributed by atoms with van der Waals surface area (Å²) in [6, 6.07) is 25.9. The number of amides is 1. The van der Waals surface area contributed by atoms with E-state index >= 15 is 0 Å². The fourth-order valence-corrected chi connectivity index (χ4v) is 3.78. The number of hydrogen-bond donors (Lipinski definition) is 2. The summed E-state index contributed by atoms with van der Waals surface area (Å²) in [6.07, 6.45) is 0. The second-order valence-corrected chi connectivity index (χ2v) is 7.62. The second kappa shape index (κ2) is 8.93. The molecule has 1 aliphatic rings. The Kier molecular flexibility index (Phi) is 5.91. The summed E-state index contributed by atoms with van der Waals surface area (Å²) in [4.78, 5) is 17.2. The van der Waals surface area contributed by atoms with Crippen molar-refractivity contribution in [3.05, 3.63) is 95.6 Å². The highest BCUT2D eigenvalue weighted by molar-refractivity contribution is 5.95. The van der Waals surface area contributed by atoms with E-state index in [-0.39, 0.29) is 11.7 Å². The lowest BCUT2D eigenvalue weighted by Gasteiger charge is -2.34. The number of carbonyl (C=O) groups excluding carboxylic acids is 1. The van der Waals surface area contributed by atoms with Gasteiger partial charge in [-0.15, -0.1) is 0 Å².